The van der Waals surface area contributed by atoms with Gasteiger partial charge < -0.3 is 0 Å². The molecular weight excluding hydrogens is 739 g/mol. The maximum absolute atomic E-state index is 5.03. The van der Waals surface area contributed by atoms with Gasteiger partial charge in [0.25, 0.3) is 0 Å². The lowest BCUT2D eigenvalue weighted by Crippen LogP contribution is -2.00. The topological polar surface area (TPSA) is 64.5 Å². The summed E-state index contributed by atoms with van der Waals surface area (Å²) in [6.45, 7) is 0. The molecule has 5 nitrogen and oxygen atoms in total. The van der Waals surface area contributed by atoms with Gasteiger partial charge in [0.1, 0.15) is 5.52 Å². The number of nitrogens with zero attached hydrogens (tertiary/aromatic N) is 5. The van der Waals surface area contributed by atoms with Crippen LogP contribution in [0.25, 0.3) is 110 Å². The zero-order valence-corrected chi connectivity index (χ0v) is 32.5. The minimum absolute atomic E-state index is 0.632. The Morgan fingerprint density at radius 3 is 1.34 bits per heavy atom. The first-order valence-electron chi connectivity index (χ1n) is 19.6. The molecule has 0 atom stereocenters. The largest absolute Gasteiger partial charge is 0.208 e. The molecule has 0 bridgehead atoms. The molecule has 0 spiro atoms. The highest BCUT2D eigenvalue weighted by Crippen LogP contribution is 2.39. The number of aromatic nitrogens is 5. The summed E-state index contributed by atoms with van der Waals surface area (Å²) in [7, 11) is 0. The second-order valence-corrected chi connectivity index (χ2v) is 15.6. The molecule has 0 saturated heterocycles. The number of fused-ring (bicyclic) bond motifs is 5. The van der Waals surface area contributed by atoms with Gasteiger partial charge in [-0.25, -0.2) is 15.0 Å². The maximum Gasteiger partial charge on any atom is 0.164 e. The summed E-state index contributed by atoms with van der Waals surface area (Å²) in [6, 6.07) is 69.8. The van der Waals surface area contributed by atoms with Crippen LogP contribution in [0.4, 0.5) is 0 Å². The second kappa shape index (κ2) is 14.7. The quantitative estimate of drug-likeness (QED) is 0.161. The van der Waals surface area contributed by atoms with Gasteiger partial charge in [0.05, 0.1) is 10.2 Å². The van der Waals surface area contributed by atoms with Crippen LogP contribution in [0.3, 0.4) is 0 Å². The molecule has 6 heteroatoms. The first kappa shape index (κ1) is 34.6. The molecule has 0 radical (unpaired) electrons. The van der Waals surface area contributed by atoms with Crippen molar-refractivity contribution < 1.29 is 0 Å². The molecular formula is C53H33N5S. The molecule has 11 aromatic rings. The summed E-state index contributed by atoms with van der Waals surface area (Å²) >= 11 is 1.78. The van der Waals surface area contributed by atoms with E-state index in [1.165, 1.54) is 20.5 Å². The van der Waals surface area contributed by atoms with Crippen molar-refractivity contribution in [2.45, 2.75) is 0 Å². The average Bonchev–Trinajstić information content (AvgIpc) is 3.71. The third-order valence-electron chi connectivity index (χ3n) is 10.9. The van der Waals surface area contributed by atoms with E-state index < -0.39 is 0 Å². The van der Waals surface area contributed by atoms with Gasteiger partial charge in [-0.2, -0.15) is 0 Å². The molecule has 3 aromatic heterocycles. The third-order valence-corrected chi connectivity index (χ3v) is 12.1. The van der Waals surface area contributed by atoms with E-state index in [0.717, 1.165) is 71.9 Å². The van der Waals surface area contributed by atoms with Crippen molar-refractivity contribution in [2.24, 2.45) is 0 Å². The first-order valence-corrected chi connectivity index (χ1v) is 20.4. The molecule has 0 unspecified atom stereocenters. The minimum Gasteiger partial charge on any atom is -0.208 e. The molecule has 0 aliphatic carbocycles. The highest BCUT2D eigenvalue weighted by molar-refractivity contribution is 7.26. The van der Waals surface area contributed by atoms with Gasteiger partial charge in [0.2, 0.25) is 0 Å². The highest BCUT2D eigenvalue weighted by Gasteiger charge is 2.15. The predicted octanol–water partition coefficient (Wildman–Crippen LogP) is 13.9. The van der Waals surface area contributed by atoms with E-state index in [-0.39, 0.29) is 0 Å². The molecule has 276 valence electrons. The summed E-state index contributed by atoms with van der Waals surface area (Å²) in [4.78, 5) is 15.0. The van der Waals surface area contributed by atoms with Crippen LogP contribution in [0, 0.1) is 0 Å². The van der Waals surface area contributed by atoms with E-state index in [1.807, 2.05) is 48.5 Å². The lowest BCUT2D eigenvalue weighted by Gasteiger charge is -2.11. The monoisotopic (exact) mass is 771 g/mol. The molecule has 3 heterocycles. The van der Waals surface area contributed by atoms with Crippen molar-refractivity contribution >= 4 is 42.5 Å². The summed E-state index contributed by atoms with van der Waals surface area (Å²) in [5.41, 5.74) is 13.9. The van der Waals surface area contributed by atoms with Crippen LogP contribution >= 0.6 is 11.3 Å². The Morgan fingerprint density at radius 1 is 0.288 bits per heavy atom. The van der Waals surface area contributed by atoms with Crippen molar-refractivity contribution in [3.63, 3.8) is 0 Å². The lowest BCUT2D eigenvalue weighted by atomic mass is 9.97. The molecule has 0 saturated carbocycles. The Morgan fingerprint density at radius 2 is 0.712 bits per heavy atom. The minimum atomic E-state index is 0.632. The molecule has 8 aromatic carbocycles. The fourth-order valence-corrected chi connectivity index (χ4v) is 8.90. The van der Waals surface area contributed by atoms with E-state index in [2.05, 4.69) is 162 Å². The van der Waals surface area contributed by atoms with Gasteiger partial charge in [-0.1, -0.05) is 176 Å². The number of benzene rings is 8. The van der Waals surface area contributed by atoms with Crippen LogP contribution in [0.5, 0.6) is 0 Å². The molecule has 0 amide bonds. The zero-order valence-electron chi connectivity index (χ0n) is 31.7. The second-order valence-electron chi connectivity index (χ2n) is 14.6. The van der Waals surface area contributed by atoms with Gasteiger partial charge >= 0.3 is 0 Å². The number of rotatable bonds is 7. The van der Waals surface area contributed by atoms with Gasteiger partial charge in [-0.3, -0.25) is 0 Å². The molecule has 59 heavy (non-hydrogen) atoms. The van der Waals surface area contributed by atoms with Gasteiger partial charge in [-0.05, 0) is 68.8 Å². The van der Waals surface area contributed by atoms with E-state index >= 15 is 0 Å². The standard InChI is InChI=1S/C53H33N5S/c1-3-10-34(11-4-1)35-26-28-41(29-27-35)52-54-51(40-12-5-2-6-13-40)55-53(56-52)44-15-9-14-42(32-44)38-22-18-36(19-23-38)37-20-24-39(25-21-37)43-30-31-48-46(33-43)49-50(59-48)45-16-7-8-17-47(45)57-58-49/h1-33H. The zero-order chi connectivity index (χ0) is 39.1. The fraction of sp³-hybridized carbons (Fsp3) is 0. The maximum atomic E-state index is 5.03. The Balaban J connectivity index is 0.870. The highest BCUT2D eigenvalue weighted by atomic mass is 32.1. The summed E-state index contributed by atoms with van der Waals surface area (Å²) < 4.78 is 2.41. The Labute approximate surface area is 345 Å². The van der Waals surface area contributed by atoms with Crippen molar-refractivity contribution in [1.29, 1.82) is 0 Å². The Hall–Kier alpha value is -7.67. The fourth-order valence-electron chi connectivity index (χ4n) is 7.74. The van der Waals surface area contributed by atoms with Crippen molar-refractivity contribution in [2.75, 3.05) is 0 Å². The van der Waals surface area contributed by atoms with Crippen LogP contribution in [0.1, 0.15) is 0 Å². The van der Waals surface area contributed by atoms with E-state index in [0.29, 0.717) is 17.5 Å². The van der Waals surface area contributed by atoms with Gasteiger partial charge in [0.15, 0.2) is 17.5 Å². The van der Waals surface area contributed by atoms with Crippen molar-refractivity contribution in [3.05, 3.63) is 200 Å². The van der Waals surface area contributed by atoms with Crippen LogP contribution < -0.4 is 0 Å². The molecule has 0 aliphatic heterocycles. The number of hydrogen-bond donors (Lipinski definition) is 0. The Kier molecular flexibility index (Phi) is 8.60. The van der Waals surface area contributed by atoms with E-state index in [9.17, 15) is 0 Å². The first-order chi connectivity index (χ1) is 29.2. The molecule has 0 fully saturated rings. The van der Waals surface area contributed by atoms with E-state index in [1.54, 1.807) is 11.3 Å². The van der Waals surface area contributed by atoms with Crippen molar-refractivity contribution in [3.8, 4) is 78.7 Å². The third kappa shape index (κ3) is 6.61. The van der Waals surface area contributed by atoms with E-state index in [4.69, 9.17) is 15.0 Å². The lowest BCUT2D eigenvalue weighted by molar-refractivity contribution is 1.07. The molecule has 0 N–H and O–H groups in total. The SMILES string of the molecule is c1ccc(-c2ccc(-c3nc(-c4ccccc4)nc(-c4cccc(-c5ccc(-c6ccc(-c7ccc8sc9c%10ccccc%10nnc9c8c7)cc6)cc5)c4)n3)cc2)cc1. The summed E-state index contributed by atoms with van der Waals surface area (Å²) in [5, 5.41) is 11.4. The summed E-state index contributed by atoms with van der Waals surface area (Å²) in [6.07, 6.45) is 0. The van der Waals surface area contributed by atoms with Crippen LogP contribution in [0.2, 0.25) is 0 Å². The molecule has 0 aliphatic rings. The van der Waals surface area contributed by atoms with Crippen LogP contribution in [-0.2, 0) is 0 Å². The number of thiophene rings is 1. The van der Waals surface area contributed by atoms with Crippen LogP contribution in [0.15, 0.2) is 200 Å². The van der Waals surface area contributed by atoms with Crippen LogP contribution in [-0.4, -0.2) is 25.1 Å². The Bertz CT molecular complexity index is 3290. The van der Waals surface area contributed by atoms with Crippen molar-refractivity contribution in [1.82, 2.24) is 25.1 Å². The predicted molar refractivity (Wildman–Crippen MR) is 244 cm³/mol. The molecule has 11 rings (SSSR count). The average molecular weight is 772 g/mol. The van der Waals surface area contributed by atoms with Gasteiger partial charge in [0, 0.05) is 32.2 Å². The van der Waals surface area contributed by atoms with Gasteiger partial charge in [-0.15, -0.1) is 21.5 Å². The normalized spacial score (nSPS) is 11.4. The summed E-state index contributed by atoms with van der Waals surface area (Å²) in [5.74, 6) is 1.91. The smallest absolute Gasteiger partial charge is 0.164 e. The number of hydrogen-bond acceptors (Lipinski definition) is 6.